The molecule has 5 nitrogen and oxygen atoms in total. The first-order valence-electron chi connectivity index (χ1n) is 2.71. The van der Waals surface area contributed by atoms with Gasteiger partial charge < -0.3 is 0 Å². The Morgan fingerprint density at radius 3 is 2.73 bits per heavy atom. The first-order valence-corrected chi connectivity index (χ1v) is 3.09. The van der Waals surface area contributed by atoms with Gasteiger partial charge in [-0.25, -0.2) is 4.98 Å². The summed E-state index contributed by atoms with van der Waals surface area (Å²) in [7, 11) is 0. The molecule has 1 N–H and O–H groups in total. The van der Waals surface area contributed by atoms with E-state index < -0.39 is 4.92 Å². The molecule has 0 unspecified atom stereocenters. The molecule has 1 aromatic rings. The monoisotopic (exact) mass is 173 g/mol. The highest BCUT2D eigenvalue weighted by molar-refractivity contribution is 6.23. The van der Waals surface area contributed by atoms with E-state index in [1.165, 1.54) is 12.1 Å². The molecule has 0 aliphatic heterocycles. The summed E-state index contributed by atoms with van der Waals surface area (Å²) in [4.78, 5) is 15.5. The molecule has 0 saturated heterocycles. The lowest BCUT2D eigenvalue weighted by Crippen LogP contribution is -1.90. The summed E-state index contributed by atoms with van der Waals surface area (Å²) in [5.74, 6) is 0.386. The second-order valence-electron chi connectivity index (χ2n) is 1.75. The third-order valence-electron chi connectivity index (χ3n) is 1.06. The van der Waals surface area contributed by atoms with Gasteiger partial charge >= 0.3 is 0 Å². The van der Waals surface area contributed by atoms with Gasteiger partial charge in [-0.1, -0.05) is 0 Å². The van der Waals surface area contributed by atoms with Crippen molar-refractivity contribution >= 4 is 23.3 Å². The van der Waals surface area contributed by atoms with Crippen molar-refractivity contribution in [1.82, 2.24) is 4.98 Å². The van der Waals surface area contributed by atoms with Crippen LogP contribution in [-0.2, 0) is 0 Å². The lowest BCUT2D eigenvalue weighted by Gasteiger charge is -1.93. The predicted octanol–water partition coefficient (Wildman–Crippen LogP) is 1.56. The van der Waals surface area contributed by atoms with Crippen LogP contribution in [-0.4, -0.2) is 9.91 Å². The maximum Gasteiger partial charge on any atom is 0.287 e. The smallest absolute Gasteiger partial charge is 0.283 e. The molecule has 11 heavy (non-hydrogen) atoms. The molecule has 0 amide bonds. The number of nitrogens with zero attached hydrogens (tertiary/aromatic N) is 2. The molecule has 0 aromatic carbocycles. The third-order valence-corrected chi connectivity index (χ3v) is 1.25. The molecule has 0 aliphatic carbocycles. The van der Waals surface area contributed by atoms with E-state index in [1.807, 2.05) is 0 Å². The molecule has 0 fully saturated rings. The zero-order valence-corrected chi connectivity index (χ0v) is 6.08. The molecule has 6 heteroatoms. The second kappa shape index (κ2) is 3.16. The summed E-state index contributed by atoms with van der Waals surface area (Å²) < 4.78 is 0. The standard InChI is InChI=1S/C5H4ClN3O2/c6-8-5-2-1-4(3-7-5)9(10)11/h1-3H,(H,7,8). The molecule has 1 heterocycles. The van der Waals surface area contributed by atoms with E-state index in [4.69, 9.17) is 11.8 Å². The number of nitrogens with one attached hydrogen (secondary N) is 1. The van der Waals surface area contributed by atoms with Gasteiger partial charge in [-0.15, -0.1) is 0 Å². The summed E-state index contributed by atoms with van der Waals surface area (Å²) in [6, 6.07) is 2.74. The summed E-state index contributed by atoms with van der Waals surface area (Å²) in [5.41, 5.74) is -0.0549. The van der Waals surface area contributed by atoms with Crippen LogP contribution < -0.4 is 4.84 Å². The average molecular weight is 174 g/mol. The zero-order valence-electron chi connectivity index (χ0n) is 5.32. The average Bonchev–Trinajstić information content (AvgIpc) is 2.05. The fourth-order valence-electron chi connectivity index (χ4n) is 0.550. The molecule has 1 aromatic heterocycles. The fraction of sp³-hybridized carbons (Fsp3) is 0. The molecule has 0 aliphatic rings. The number of halogens is 1. The largest absolute Gasteiger partial charge is 0.287 e. The molecule has 58 valence electrons. The number of hydrogen-bond acceptors (Lipinski definition) is 4. The van der Waals surface area contributed by atoms with Gasteiger partial charge in [0.1, 0.15) is 12.0 Å². The maximum absolute atomic E-state index is 10.1. The number of hydrogen-bond donors (Lipinski definition) is 1. The van der Waals surface area contributed by atoms with Crippen LogP contribution in [0.1, 0.15) is 0 Å². The van der Waals surface area contributed by atoms with E-state index >= 15 is 0 Å². The Balaban J connectivity index is 2.91. The Hall–Kier alpha value is -1.36. The second-order valence-corrected chi connectivity index (χ2v) is 1.94. The van der Waals surface area contributed by atoms with Gasteiger partial charge in [-0.2, -0.15) is 0 Å². The minimum Gasteiger partial charge on any atom is -0.283 e. The van der Waals surface area contributed by atoms with Crippen molar-refractivity contribution in [2.24, 2.45) is 0 Å². The highest BCUT2D eigenvalue weighted by Crippen LogP contribution is 2.11. The first-order chi connectivity index (χ1) is 5.24. The van der Waals surface area contributed by atoms with Crippen LogP contribution in [0, 0.1) is 10.1 Å². The molecule has 0 saturated carbocycles. The highest BCUT2D eigenvalue weighted by atomic mass is 35.5. The Morgan fingerprint density at radius 1 is 1.64 bits per heavy atom. The van der Waals surface area contributed by atoms with Crippen LogP contribution in [0.25, 0.3) is 0 Å². The minimum atomic E-state index is -0.523. The number of nitro groups is 1. The molecule has 0 atom stereocenters. The maximum atomic E-state index is 10.1. The SMILES string of the molecule is O=[N+]([O-])c1ccc(NCl)nc1. The van der Waals surface area contributed by atoms with Gasteiger partial charge in [0.2, 0.25) is 0 Å². The lowest BCUT2D eigenvalue weighted by atomic mass is 10.4. The summed E-state index contributed by atoms with van der Waals surface area (Å²) >= 11 is 5.18. The van der Waals surface area contributed by atoms with E-state index in [0.29, 0.717) is 5.82 Å². The van der Waals surface area contributed by atoms with E-state index in [9.17, 15) is 10.1 Å². The van der Waals surface area contributed by atoms with Crippen LogP contribution in [0.5, 0.6) is 0 Å². The van der Waals surface area contributed by atoms with Crippen molar-refractivity contribution < 1.29 is 4.92 Å². The van der Waals surface area contributed by atoms with E-state index in [2.05, 4.69) is 9.82 Å². The minimum absolute atomic E-state index is 0.0549. The summed E-state index contributed by atoms with van der Waals surface area (Å²) in [6.45, 7) is 0. The van der Waals surface area contributed by atoms with E-state index in [-0.39, 0.29) is 5.69 Å². The molecule has 1 rings (SSSR count). The van der Waals surface area contributed by atoms with E-state index in [0.717, 1.165) is 6.20 Å². The quantitative estimate of drug-likeness (QED) is 0.419. The molecular weight excluding hydrogens is 170 g/mol. The normalized spacial score (nSPS) is 9.18. The van der Waals surface area contributed by atoms with Crippen LogP contribution in [0.3, 0.4) is 0 Å². The van der Waals surface area contributed by atoms with Crippen LogP contribution in [0.15, 0.2) is 18.3 Å². The van der Waals surface area contributed by atoms with Gasteiger partial charge in [0.25, 0.3) is 5.69 Å². The predicted molar refractivity (Wildman–Crippen MR) is 40.4 cm³/mol. The molecule has 0 spiro atoms. The molecular formula is C5H4ClN3O2. The number of pyridine rings is 1. The fourth-order valence-corrected chi connectivity index (χ4v) is 0.662. The number of aromatic nitrogens is 1. The van der Waals surface area contributed by atoms with Crippen molar-refractivity contribution in [3.05, 3.63) is 28.4 Å². The Labute approximate surface area is 67.3 Å². The van der Waals surface area contributed by atoms with Crippen molar-refractivity contribution in [3.63, 3.8) is 0 Å². The first kappa shape index (κ1) is 7.74. The van der Waals surface area contributed by atoms with Crippen LogP contribution in [0.2, 0.25) is 0 Å². The van der Waals surface area contributed by atoms with Gasteiger partial charge in [0, 0.05) is 17.8 Å². The topological polar surface area (TPSA) is 68.1 Å². The number of anilines is 1. The van der Waals surface area contributed by atoms with E-state index in [1.54, 1.807) is 0 Å². The Bertz CT molecular complexity index is 261. The van der Waals surface area contributed by atoms with Gasteiger partial charge in [-0.05, 0) is 6.07 Å². The highest BCUT2D eigenvalue weighted by Gasteiger charge is 2.03. The molecule has 0 radical (unpaired) electrons. The van der Waals surface area contributed by atoms with Crippen LogP contribution in [0.4, 0.5) is 11.5 Å². The van der Waals surface area contributed by atoms with Crippen molar-refractivity contribution in [2.75, 3.05) is 4.84 Å². The van der Waals surface area contributed by atoms with Gasteiger partial charge in [0.15, 0.2) is 0 Å². The van der Waals surface area contributed by atoms with Crippen molar-refractivity contribution in [3.8, 4) is 0 Å². The van der Waals surface area contributed by atoms with Crippen LogP contribution >= 0.6 is 11.8 Å². The lowest BCUT2D eigenvalue weighted by molar-refractivity contribution is -0.385. The Morgan fingerprint density at radius 2 is 2.36 bits per heavy atom. The van der Waals surface area contributed by atoms with Gasteiger partial charge in [-0.3, -0.25) is 15.0 Å². The van der Waals surface area contributed by atoms with Gasteiger partial charge in [0.05, 0.1) is 4.92 Å². The Kier molecular flexibility index (Phi) is 2.22. The molecule has 0 bridgehead atoms. The zero-order chi connectivity index (χ0) is 8.27. The third kappa shape index (κ3) is 1.78. The number of rotatable bonds is 2. The summed E-state index contributed by atoms with van der Waals surface area (Å²) in [6.07, 6.45) is 1.13. The van der Waals surface area contributed by atoms with Crippen molar-refractivity contribution in [2.45, 2.75) is 0 Å². The van der Waals surface area contributed by atoms with Crippen molar-refractivity contribution in [1.29, 1.82) is 0 Å². The summed E-state index contributed by atoms with van der Waals surface area (Å²) in [5, 5.41) is 10.1.